The molecule has 1 aromatic carbocycles. The fourth-order valence-electron chi connectivity index (χ4n) is 3.29. The van der Waals surface area contributed by atoms with Crippen LogP contribution in [0.3, 0.4) is 0 Å². The Labute approximate surface area is 167 Å². The zero-order valence-electron chi connectivity index (χ0n) is 15.7. The van der Waals surface area contributed by atoms with Crippen molar-refractivity contribution in [2.24, 2.45) is 0 Å². The summed E-state index contributed by atoms with van der Waals surface area (Å²) in [4.78, 5) is 32.9. The monoisotopic (exact) mass is 393 g/mol. The molecule has 1 fully saturated rings. The minimum Gasteiger partial charge on any atom is -0.339 e. The van der Waals surface area contributed by atoms with E-state index in [1.165, 1.54) is 12.1 Å². The molecule has 1 saturated heterocycles. The van der Waals surface area contributed by atoms with Gasteiger partial charge in [-0.15, -0.1) is 0 Å². The number of carbonyl (C=O) groups is 2. The van der Waals surface area contributed by atoms with Gasteiger partial charge in [0.2, 0.25) is 5.91 Å². The number of aromatic nitrogens is 3. The number of nitrogens with one attached hydrogen (secondary N) is 1. The number of carbonyl (C=O) groups excluding carboxylic acids is 2. The number of nitrogens with zero attached hydrogens (tertiary/aromatic N) is 4. The molecular formula is C21H20FN5O2. The summed E-state index contributed by atoms with van der Waals surface area (Å²) in [5.74, 6) is -0.494. The van der Waals surface area contributed by atoms with E-state index in [4.69, 9.17) is 0 Å². The molecule has 2 aromatic heterocycles. The van der Waals surface area contributed by atoms with Crippen molar-refractivity contribution in [1.82, 2.24) is 25.0 Å². The molecule has 3 aromatic rings. The van der Waals surface area contributed by atoms with Gasteiger partial charge in [-0.05, 0) is 35.9 Å². The number of benzene rings is 1. The van der Waals surface area contributed by atoms with Crippen LogP contribution in [-0.2, 0) is 11.2 Å². The van der Waals surface area contributed by atoms with Crippen molar-refractivity contribution in [3.8, 4) is 11.4 Å². The van der Waals surface area contributed by atoms with Crippen molar-refractivity contribution in [3.63, 3.8) is 0 Å². The lowest BCUT2D eigenvalue weighted by molar-refractivity contribution is -0.131. The Morgan fingerprint density at radius 1 is 0.966 bits per heavy atom. The molecule has 1 N–H and O–H groups in total. The number of hydrogen-bond acceptors (Lipinski definition) is 4. The Hall–Kier alpha value is -3.55. The van der Waals surface area contributed by atoms with Gasteiger partial charge >= 0.3 is 0 Å². The molecule has 0 bridgehead atoms. The largest absolute Gasteiger partial charge is 0.339 e. The number of aromatic amines is 1. The second-order valence-electron chi connectivity index (χ2n) is 6.86. The fourth-order valence-corrected chi connectivity index (χ4v) is 3.29. The summed E-state index contributed by atoms with van der Waals surface area (Å²) < 4.78 is 13.0. The van der Waals surface area contributed by atoms with E-state index in [1.807, 2.05) is 18.2 Å². The maximum absolute atomic E-state index is 13.0. The molecule has 148 valence electrons. The molecule has 1 aliphatic rings. The normalized spacial score (nSPS) is 14.1. The van der Waals surface area contributed by atoms with Crippen LogP contribution in [-0.4, -0.2) is 63.0 Å². The molecule has 8 heteroatoms. The molecule has 7 nitrogen and oxygen atoms in total. The van der Waals surface area contributed by atoms with Gasteiger partial charge in [-0.3, -0.25) is 19.7 Å². The van der Waals surface area contributed by atoms with Crippen molar-refractivity contribution in [3.05, 3.63) is 71.8 Å². The predicted octanol–water partition coefficient (Wildman–Crippen LogP) is 2.14. The summed E-state index contributed by atoms with van der Waals surface area (Å²) in [6.45, 7) is 1.83. The van der Waals surface area contributed by atoms with E-state index in [2.05, 4.69) is 15.2 Å². The zero-order chi connectivity index (χ0) is 20.2. The van der Waals surface area contributed by atoms with Crippen LogP contribution in [0.5, 0.6) is 0 Å². The Kier molecular flexibility index (Phi) is 5.33. The average molecular weight is 393 g/mol. The first kappa shape index (κ1) is 18.8. The van der Waals surface area contributed by atoms with E-state index >= 15 is 0 Å². The predicted molar refractivity (Wildman–Crippen MR) is 104 cm³/mol. The average Bonchev–Trinajstić information content (AvgIpc) is 3.26. The second kappa shape index (κ2) is 8.22. The Morgan fingerprint density at radius 2 is 1.69 bits per heavy atom. The Balaban J connectivity index is 1.33. The number of halogens is 1. The van der Waals surface area contributed by atoms with Crippen LogP contribution in [0.2, 0.25) is 0 Å². The number of pyridine rings is 1. The van der Waals surface area contributed by atoms with Gasteiger partial charge < -0.3 is 9.80 Å². The molecule has 0 radical (unpaired) electrons. The van der Waals surface area contributed by atoms with Gasteiger partial charge in [0.15, 0.2) is 0 Å². The third-order valence-corrected chi connectivity index (χ3v) is 4.92. The molecule has 0 unspecified atom stereocenters. The highest BCUT2D eigenvalue weighted by Gasteiger charge is 2.26. The summed E-state index contributed by atoms with van der Waals surface area (Å²) >= 11 is 0. The minimum absolute atomic E-state index is 0.0253. The highest BCUT2D eigenvalue weighted by molar-refractivity contribution is 5.93. The maximum atomic E-state index is 13.0. The summed E-state index contributed by atoms with van der Waals surface area (Å²) in [6, 6.07) is 13.1. The fraction of sp³-hybridized carbons (Fsp3) is 0.238. The van der Waals surface area contributed by atoms with E-state index in [1.54, 1.807) is 34.2 Å². The Bertz CT molecular complexity index is 995. The molecular weight excluding hydrogens is 373 g/mol. The zero-order valence-corrected chi connectivity index (χ0v) is 15.7. The molecule has 1 aliphatic heterocycles. The van der Waals surface area contributed by atoms with Crippen LogP contribution in [0.4, 0.5) is 4.39 Å². The number of amides is 2. The molecule has 29 heavy (non-hydrogen) atoms. The molecule has 2 amide bonds. The lowest BCUT2D eigenvalue weighted by atomic mass is 10.1. The van der Waals surface area contributed by atoms with Crippen LogP contribution >= 0.6 is 0 Å². The third-order valence-electron chi connectivity index (χ3n) is 4.92. The number of piperazine rings is 1. The van der Waals surface area contributed by atoms with Crippen LogP contribution in [0.25, 0.3) is 11.4 Å². The number of rotatable bonds is 4. The van der Waals surface area contributed by atoms with Crippen molar-refractivity contribution in [2.45, 2.75) is 6.42 Å². The maximum Gasteiger partial charge on any atom is 0.272 e. The minimum atomic E-state index is -0.321. The van der Waals surface area contributed by atoms with Crippen molar-refractivity contribution in [1.29, 1.82) is 0 Å². The lowest BCUT2D eigenvalue weighted by Gasteiger charge is -2.34. The first-order valence-corrected chi connectivity index (χ1v) is 9.38. The van der Waals surface area contributed by atoms with Gasteiger partial charge in [-0.2, -0.15) is 5.10 Å². The molecule has 3 heterocycles. The van der Waals surface area contributed by atoms with Gasteiger partial charge in [0, 0.05) is 32.4 Å². The van der Waals surface area contributed by atoms with Gasteiger partial charge in [-0.1, -0.05) is 18.2 Å². The van der Waals surface area contributed by atoms with Gasteiger partial charge in [-0.25, -0.2) is 4.39 Å². The summed E-state index contributed by atoms with van der Waals surface area (Å²) in [5, 5.41) is 6.95. The van der Waals surface area contributed by atoms with E-state index in [0.717, 1.165) is 5.56 Å². The highest BCUT2D eigenvalue weighted by atomic mass is 19.1. The first-order valence-electron chi connectivity index (χ1n) is 9.38. The van der Waals surface area contributed by atoms with Crippen molar-refractivity contribution in [2.75, 3.05) is 26.2 Å². The van der Waals surface area contributed by atoms with E-state index in [-0.39, 0.29) is 24.1 Å². The Morgan fingerprint density at radius 3 is 2.38 bits per heavy atom. The van der Waals surface area contributed by atoms with Gasteiger partial charge in [0.25, 0.3) is 5.91 Å². The molecule has 4 rings (SSSR count). The topological polar surface area (TPSA) is 82.2 Å². The van der Waals surface area contributed by atoms with Crippen LogP contribution in [0, 0.1) is 5.82 Å². The van der Waals surface area contributed by atoms with Crippen molar-refractivity contribution < 1.29 is 14.0 Å². The second-order valence-corrected chi connectivity index (χ2v) is 6.86. The third kappa shape index (κ3) is 4.31. The number of H-pyrrole nitrogens is 1. The number of hydrogen-bond donors (Lipinski definition) is 1. The van der Waals surface area contributed by atoms with E-state index in [0.29, 0.717) is 43.3 Å². The quantitative estimate of drug-likeness (QED) is 0.736. The summed E-state index contributed by atoms with van der Waals surface area (Å²) in [6.07, 6.45) is 1.90. The van der Waals surface area contributed by atoms with Crippen LogP contribution < -0.4 is 0 Å². The lowest BCUT2D eigenvalue weighted by Crippen LogP contribution is -2.51. The highest BCUT2D eigenvalue weighted by Crippen LogP contribution is 2.16. The first-order chi connectivity index (χ1) is 14.1. The summed E-state index contributed by atoms with van der Waals surface area (Å²) in [5.41, 5.74) is 2.48. The van der Waals surface area contributed by atoms with E-state index < -0.39 is 0 Å². The SMILES string of the molecule is O=C(Cc1ccc(F)cc1)N1CCN(C(=O)c2cc(-c3ccccn3)n[nH]2)CC1. The van der Waals surface area contributed by atoms with E-state index in [9.17, 15) is 14.0 Å². The van der Waals surface area contributed by atoms with Gasteiger partial charge in [0.05, 0.1) is 12.1 Å². The van der Waals surface area contributed by atoms with Gasteiger partial charge in [0.1, 0.15) is 17.2 Å². The summed E-state index contributed by atoms with van der Waals surface area (Å²) in [7, 11) is 0. The molecule has 0 saturated carbocycles. The van der Waals surface area contributed by atoms with Crippen LogP contribution in [0.15, 0.2) is 54.7 Å². The molecule has 0 spiro atoms. The molecule has 0 atom stereocenters. The standard InChI is InChI=1S/C21H20FN5O2/c22-16-6-4-15(5-7-16)13-20(28)26-9-11-27(12-10-26)21(29)19-14-18(24-25-19)17-3-1-2-8-23-17/h1-8,14H,9-13H2,(H,24,25). The van der Waals surface area contributed by atoms with Crippen LogP contribution in [0.1, 0.15) is 16.1 Å². The molecule has 0 aliphatic carbocycles. The smallest absolute Gasteiger partial charge is 0.272 e. The van der Waals surface area contributed by atoms with Crippen molar-refractivity contribution >= 4 is 11.8 Å².